The minimum absolute atomic E-state index is 0.0697. The Morgan fingerprint density at radius 2 is 1.97 bits per heavy atom. The maximum atomic E-state index is 13.0. The van der Waals surface area contributed by atoms with E-state index >= 15 is 0 Å². The highest BCUT2D eigenvalue weighted by atomic mass is 16.2. The number of hydrogen-bond acceptors (Lipinski definition) is 3. The summed E-state index contributed by atoms with van der Waals surface area (Å²) in [6.07, 6.45) is 8.15. The largest absolute Gasteiger partial charge is 0.356 e. The van der Waals surface area contributed by atoms with Gasteiger partial charge in [-0.05, 0) is 55.4 Å². The van der Waals surface area contributed by atoms with Gasteiger partial charge in [0.1, 0.15) is 0 Å². The highest BCUT2D eigenvalue weighted by Gasteiger charge is 2.47. The summed E-state index contributed by atoms with van der Waals surface area (Å²) in [6, 6.07) is 12.3. The fourth-order valence-electron chi connectivity index (χ4n) is 4.47. The van der Waals surface area contributed by atoms with E-state index in [9.17, 15) is 9.59 Å². The standard InChI is InChI=1S/C24H29N3O2/c1-2-26-23(29)24(12-14-27(17-24)22(28)20-5-3-6-20)15-18-8-10-19(11-9-18)21-7-4-13-25-16-21/h4,7-11,13,16,20H,2-3,5-6,12,14-15,17H2,1H3,(H,26,29). The minimum Gasteiger partial charge on any atom is -0.356 e. The topological polar surface area (TPSA) is 62.3 Å². The summed E-state index contributed by atoms with van der Waals surface area (Å²) in [7, 11) is 0. The second-order valence-corrected chi connectivity index (χ2v) is 8.39. The molecule has 2 aliphatic rings. The first-order valence-electron chi connectivity index (χ1n) is 10.7. The number of amides is 2. The van der Waals surface area contributed by atoms with Gasteiger partial charge in [0, 0.05) is 37.9 Å². The predicted octanol–water partition coefficient (Wildman–Crippen LogP) is 3.45. The number of rotatable bonds is 6. The van der Waals surface area contributed by atoms with Crippen LogP contribution in [0.5, 0.6) is 0 Å². The Kier molecular flexibility index (Phi) is 5.65. The maximum absolute atomic E-state index is 13.0. The number of pyridine rings is 1. The molecule has 1 aromatic heterocycles. The van der Waals surface area contributed by atoms with Crippen molar-refractivity contribution in [3.8, 4) is 11.1 Å². The van der Waals surface area contributed by atoms with Gasteiger partial charge >= 0.3 is 0 Å². The van der Waals surface area contributed by atoms with Gasteiger partial charge in [-0.1, -0.05) is 36.8 Å². The molecule has 1 N–H and O–H groups in total. The van der Waals surface area contributed by atoms with Gasteiger partial charge < -0.3 is 10.2 Å². The molecule has 2 aromatic rings. The first-order chi connectivity index (χ1) is 14.1. The third kappa shape index (κ3) is 4.04. The van der Waals surface area contributed by atoms with Crippen LogP contribution in [0.2, 0.25) is 0 Å². The summed E-state index contributed by atoms with van der Waals surface area (Å²) >= 11 is 0. The number of likely N-dealkylation sites (tertiary alicyclic amines) is 1. The Balaban J connectivity index is 1.52. The first kappa shape index (κ1) is 19.6. The predicted molar refractivity (Wildman–Crippen MR) is 113 cm³/mol. The van der Waals surface area contributed by atoms with Crippen LogP contribution in [-0.2, 0) is 16.0 Å². The van der Waals surface area contributed by atoms with Crippen molar-refractivity contribution in [3.63, 3.8) is 0 Å². The summed E-state index contributed by atoms with van der Waals surface area (Å²) in [4.78, 5) is 31.9. The molecule has 0 spiro atoms. The van der Waals surface area contributed by atoms with Crippen molar-refractivity contribution in [2.75, 3.05) is 19.6 Å². The average Bonchev–Trinajstić information content (AvgIpc) is 3.14. The average molecular weight is 392 g/mol. The molecule has 29 heavy (non-hydrogen) atoms. The first-order valence-corrected chi connectivity index (χ1v) is 10.7. The van der Waals surface area contributed by atoms with Crippen LogP contribution < -0.4 is 5.32 Å². The number of benzene rings is 1. The van der Waals surface area contributed by atoms with Crippen molar-refractivity contribution >= 4 is 11.8 Å². The Labute approximate surface area is 172 Å². The molecule has 152 valence electrons. The second kappa shape index (κ2) is 8.36. The van der Waals surface area contributed by atoms with Crippen LogP contribution in [0.3, 0.4) is 0 Å². The number of hydrogen-bond donors (Lipinski definition) is 1. The Hall–Kier alpha value is -2.69. The van der Waals surface area contributed by atoms with Gasteiger partial charge in [0.2, 0.25) is 11.8 Å². The number of nitrogens with one attached hydrogen (secondary N) is 1. The van der Waals surface area contributed by atoms with Crippen LogP contribution in [0.4, 0.5) is 0 Å². The molecule has 2 heterocycles. The minimum atomic E-state index is -0.536. The zero-order chi connectivity index (χ0) is 20.3. The highest BCUT2D eigenvalue weighted by Crippen LogP contribution is 2.38. The van der Waals surface area contributed by atoms with Gasteiger partial charge in [-0.2, -0.15) is 0 Å². The Morgan fingerprint density at radius 1 is 1.17 bits per heavy atom. The van der Waals surface area contributed by atoms with Crippen LogP contribution in [0, 0.1) is 11.3 Å². The van der Waals surface area contributed by atoms with E-state index in [0.717, 1.165) is 42.4 Å². The number of aromatic nitrogens is 1. The van der Waals surface area contributed by atoms with E-state index in [0.29, 0.717) is 26.1 Å². The molecule has 1 saturated carbocycles. The highest BCUT2D eigenvalue weighted by molar-refractivity contribution is 5.86. The fourth-order valence-corrected chi connectivity index (χ4v) is 4.47. The smallest absolute Gasteiger partial charge is 0.228 e. The van der Waals surface area contributed by atoms with Crippen LogP contribution in [0.1, 0.15) is 38.2 Å². The quantitative estimate of drug-likeness (QED) is 0.820. The summed E-state index contributed by atoms with van der Waals surface area (Å²) in [5.41, 5.74) is 2.78. The molecule has 2 amide bonds. The number of nitrogens with zero attached hydrogens (tertiary/aromatic N) is 2. The van der Waals surface area contributed by atoms with E-state index in [4.69, 9.17) is 0 Å². The lowest BCUT2D eigenvalue weighted by molar-refractivity contribution is -0.138. The van der Waals surface area contributed by atoms with Crippen molar-refractivity contribution in [1.29, 1.82) is 0 Å². The summed E-state index contributed by atoms with van der Waals surface area (Å²) in [5, 5.41) is 3.02. The Morgan fingerprint density at radius 3 is 2.59 bits per heavy atom. The van der Waals surface area contributed by atoms with E-state index in [1.54, 1.807) is 6.20 Å². The van der Waals surface area contributed by atoms with Gasteiger partial charge in [0.05, 0.1) is 5.41 Å². The zero-order valence-electron chi connectivity index (χ0n) is 17.1. The molecule has 1 unspecified atom stereocenters. The molecule has 1 saturated heterocycles. The van der Waals surface area contributed by atoms with Crippen LogP contribution >= 0.6 is 0 Å². The molecule has 5 nitrogen and oxygen atoms in total. The molecule has 4 rings (SSSR count). The van der Waals surface area contributed by atoms with Crippen molar-refractivity contribution in [1.82, 2.24) is 15.2 Å². The van der Waals surface area contributed by atoms with Crippen molar-refractivity contribution in [2.24, 2.45) is 11.3 Å². The number of carbonyl (C=O) groups is 2. The third-order valence-electron chi connectivity index (χ3n) is 6.43. The van der Waals surface area contributed by atoms with Gasteiger partial charge in [-0.3, -0.25) is 14.6 Å². The summed E-state index contributed by atoms with van der Waals surface area (Å²) in [6.45, 7) is 3.76. The third-order valence-corrected chi connectivity index (χ3v) is 6.43. The van der Waals surface area contributed by atoms with Gasteiger partial charge in [0.15, 0.2) is 0 Å². The Bertz CT molecular complexity index is 861. The molecule has 1 aliphatic carbocycles. The molecule has 1 aromatic carbocycles. The summed E-state index contributed by atoms with van der Waals surface area (Å²) < 4.78 is 0. The molecule has 5 heteroatoms. The van der Waals surface area contributed by atoms with Gasteiger partial charge in [-0.25, -0.2) is 0 Å². The molecule has 2 fully saturated rings. The number of carbonyl (C=O) groups excluding carboxylic acids is 2. The van der Waals surface area contributed by atoms with E-state index in [-0.39, 0.29) is 17.7 Å². The van der Waals surface area contributed by atoms with E-state index in [2.05, 4.69) is 34.6 Å². The maximum Gasteiger partial charge on any atom is 0.228 e. The van der Waals surface area contributed by atoms with Gasteiger partial charge in [0.25, 0.3) is 0 Å². The molecular weight excluding hydrogens is 362 g/mol. The van der Waals surface area contributed by atoms with E-state index < -0.39 is 5.41 Å². The van der Waals surface area contributed by atoms with Crippen molar-refractivity contribution in [3.05, 3.63) is 54.4 Å². The second-order valence-electron chi connectivity index (χ2n) is 8.39. The monoisotopic (exact) mass is 391 g/mol. The van der Waals surface area contributed by atoms with E-state index in [1.165, 1.54) is 0 Å². The van der Waals surface area contributed by atoms with E-state index in [1.807, 2.05) is 30.2 Å². The molecule has 1 aliphatic heterocycles. The SMILES string of the molecule is CCNC(=O)C1(Cc2ccc(-c3cccnc3)cc2)CCN(C(=O)C2CCC2)C1. The van der Waals surface area contributed by atoms with Crippen molar-refractivity contribution in [2.45, 2.75) is 39.0 Å². The molecule has 0 radical (unpaired) electrons. The molecular formula is C24H29N3O2. The fraction of sp³-hybridized carbons (Fsp3) is 0.458. The van der Waals surface area contributed by atoms with Gasteiger partial charge in [-0.15, -0.1) is 0 Å². The zero-order valence-corrected chi connectivity index (χ0v) is 17.1. The van der Waals surface area contributed by atoms with Crippen molar-refractivity contribution < 1.29 is 9.59 Å². The lowest BCUT2D eigenvalue weighted by Gasteiger charge is -2.31. The lowest BCUT2D eigenvalue weighted by Crippen LogP contribution is -2.46. The normalized spacial score (nSPS) is 21.6. The van der Waals surface area contributed by atoms with Crippen LogP contribution in [0.25, 0.3) is 11.1 Å². The lowest BCUT2D eigenvalue weighted by atomic mass is 9.79. The summed E-state index contributed by atoms with van der Waals surface area (Å²) in [5.74, 6) is 0.494. The molecule has 1 atom stereocenters. The van der Waals surface area contributed by atoms with Crippen LogP contribution in [-0.4, -0.2) is 41.3 Å². The van der Waals surface area contributed by atoms with Crippen LogP contribution in [0.15, 0.2) is 48.8 Å². The molecule has 0 bridgehead atoms.